The van der Waals surface area contributed by atoms with Crippen molar-refractivity contribution in [3.05, 3.63) is 55.0 Å². The fraction of sp³-hybridized carbons (Fsp3) is 0.316. The largest absolute Gasteiger partial charge is 0.352 e. The number of hydrogen-bond donors (Lipinski definition) is 0. The van der Waals surface area contributed by atoms with Crippen molar-refractivity contribution in [1.29, 1.82) is 0 Å². The Hall–Kier alpha value is -2.36. The molecule has 2 aliphatic rings. The summed E-state index contributed by atoms with van der Waals surface area (Å²) in [4.78, 5) is 9.17. The Kier molecular flexibility index (Phi) is 3.15. The van der Waals surface area contributed by atoms with Crippen LogP contribution in [-0.2, 0) is 0 Å². The Balaban J connectivity index is 1.61. The van der Waals surface area contributed by atoms with Gasteiger partial charge in [-0.25, -0.2) is 0 Å². The second kappa shape index (κ2) is 5.08. The van der Waals surface area contributed by atoms with E-state index in [4.69, 9.17) is 0 Å². The Labute approximate surface area is 138 Å². The molecule has 0 N–H and O–H groups in total. The molecular formula is C19H22N4. The molecule has 0 aliphatic carbocycles. The van der Waals surface area contributed by atoms with Crippen LogP contribution in [0.1, 0.15) is 0 Å². The number of para-hydroxylation sites is 4. The van der Waals surface area contributed by atoms with Crippen LogP contribution in [-0.4, -0.2) is 40.5 Å². The maximum atomic E-state index is 3.77. The minimum Gasteiger partial charge on any atom is -0.352 e. The zero-order valence-corrected chi connectivity index (χ0v) is 14.1. The molecule has 0 amide bonds. The van der Waals surface area contributed by atoms with Crippen LogP contribution in [0.4, 0.5) is 22.7 Å². The molecule has 0 bridgehead atoms. The molecular weight excluding hydrogens is 284 g/mol. The van der Waals surface area contributed by atoms with E-state index in [1.165, 1.54) is 22.7 Å². The molecule has 2 aromatic rings. The highest BCUT2D eigenvalue weighted by atomic mass is 15.4. The topological polar surface area (TPSA) is 13.0 Å². The normalized spacial score (nSPS) is 17.9. The van der Waals surface area contributed by atoms with Gasteiger partial charge in [0.05, 0.1) is 29.2 Å². The van der Waals surface area contributed by atoms with Crippen molar-refractivity contribution in [3.8, 4) is 0 Å². The van der Waals surface area contributed by atoms with Gasteiger partial charge in [0.2, 0.25) is 0 Å². The van der Waals surface area contributed by atoms with Gasteiger partial charge in [0.15, 0.2) is 0 Å². The van der Waals surface area contributed by atoms with Gasteiger partial charge in [-0.05, 0) is 24.3 Å². The predicted molar refractivity (Wildman–Crippen MR) is 97.3 cm³/mol. The third kappa shape index (κ3) is 1.97. The standard InChI is InChI=1S/C19H22N4/c1-20-14-9-5-6-10-15(14)21(2)18(20)13-19-22(3)16-11-7-8-12-17(16)23(19)4/h5-12,18-19H,1-4H3. The molecule has 118 valence electrons. The number of nitrogens with zero attached hydrogens (tertiary/aromatic N) is 4. The molecule has 2 radical (unpaired) electrons. The van der Waals surface area contributed by atoms with Gasteiger partial charge < -0.3 is 19.6 Å². The van der Waals surface area contributed by atoms with Crippen LogP contribution in [0.15, 0.2) is 48.5 Å². The summed E-state index contributed by atoms with van der Waals surface area (Å²) >= 11 is 0. The van der Waals surface area contributed by atoms with Crippen LogP contribution >= 0.6 is 0 Å². The third-order valence-electron chi connectivity index (χ3n) is 5.05. The average molecular weight is 306 g/mol. The molecule has 4 rings (SSSR count). The van der Waals surface area contributed by atoms with E-state index in [1.54, 1.807) is 0 Å². The van der Waals surface area contributed by atoms with Gasteiger partial charge in [-0.1, -0.05) is 24.3 Å². The van der Waals surface area contributed by atoms with E-state index in [1.807, 2.05) is 0 Å². The highest BCUT2D eigenvalue weighted by Gasteiger charge is 2.39. The first kappa shape index (κ1) is 14.2. The number of rotatable bonds is 2. The van der Waals surface area contributed by atoms with Crippen LogP contribution in [0, 0.1) is 6.42 Å². The Morgan fingerprint density at radius 1 is 0.565 bits per heavy atom. The first-order valence-electron chi connectivity index (χ1n) is 7.95. The van der Waals surface area contributed by atoms with Crippen LogP contribution in [0.5, 0.6) is 0 Å². The molecule has 0 aromatic heterocycles. The lowest BCUT2D eigenvalue weighted by atomic mass is 10.2. The minimum absolute atomic E-state index is 0.122. The second-order valence-electron chi connectivity index (χ2n) is 6.34. The lowest BCUT2D eigenvalue weighted by Crippen LogP contribution is -2.49. The highest BCUT2D eigenvalue weighted by molar-refractivity contribution is 5.80. The van der Waals surface area contributed by atoms with Crippen molar-refractivity contribution in [1.82, 2.24) is 0 Å². The first-order chi connectivity index (χ1) is 11.1. The summed E-state index contributed by atoms with van der Waals surface area (Å²) in [6.07, 6.45) is 4.02. The molecule has 2 aliphatic heterocycles. The van der Waals surface area contributed by atoms with Gasteiger partial charge in [0.1, 0.15) is 12.3 Å². The SMILES string of the molecule is CN1c2ccccc2N(C)C1[C]C1N(C)c2ccccc2N1C. The molecule has 0 saturated heterocycles. The highest BCUT2D eigenvalue weighted by Crippen LogP contribution is 2.42. The van der Waals surface area contributed by atoms with Crippen LogP contribution in [0.3, 0.4) is 0 Å². The zero-order chi connectivity index (χ0) is 16.1. The quantitative estimate of drug-likeness (QED) is 0.846. The van der Waals surface area contributed by atoms with Gasteiger partial charge in [-0.15, -0.1) is 0 Å². The maximum absolute atomic E-state index is 3.77. The van der Waals surface area contributed by atoms with Gasteiger partial charge in [0.25, 0.3) is 0 Å². The number of anilines is 4. The summed E-state index contributed by atoms with van der Waals surface area (Å²) in [6, 6.07) is 17.1. The molecule has 4 nitrogen and oxygen atoms in total. The Morgan fingerprint density at radius 2 is 0.826 bits per heavy atom. The van der Waals surface area contributed by atoms with E-state index >= 15 is 0 Å². The second-order valence-corrected chi connectivity index (χ2v) is 6.34. The molecule has 0 unspecified atom stereocenters. The van der Waals surface area contributed by atoms with E-state index in [-0.39, 0.29) is 12.3 Å². The van der Waals surface area contributed by atoms with Crippen LogP contribution in [0.25, 0.3) is 0 Å². The summed E-state index contributed by atoms with van der Waals surface area (Å²) in [7, 11) is 8.56. The van der Waals surface area contributed by atoms with Gasteiger partial charge >= 0.3 is 0 Å². The molecule has 0 atom stereocenters. The molecule has 0 spiro atoms. The van der Waals surface area contributed by atoms with E-state index in [0.717, 1.165) is 0 Å². The predicted octanol–water partition coefficient (Wildman–Crippen LogP) is 2.89. The first-order valence-corrected chi connectivity index (χ1v) is 7.95. The summed E-state index contributed by atoms with van der Waals surface area (Å²) in [5.41, 5.74) is 5.03. The van der Waals surface area contributed by atoms with Crippen molar-refractivity contribution in [2.45, 2.75) is 12.3 Å². The summed E-state index contributed by atoms with van der Waals surface area (Å²) in [5, 5.41) is 0. The van der Waals surface area contributed by atoms with Gasteiger partial charge in [-0.2, -0.15) is 0 Å². The summed E-state index contributed by atoms with van der Waals surface area (Å²) < 4.78 is 0. The fourth-order valence-electron chi connectivity index (χ4n) is 3.75. The number of fused-ring (bicyclic) bond motifs is 2. The van der Waals surface area contributed by atoms with Crippen molar-refractivity contribution < 1.29 is 0 Å². The molecule has 23 heavy (non-hydrogen) atoms. The third-order valence-corrected chi connectivity index (χ3v) is 5.05. The monoisotopic (exact) mass is 306 g/mol. The number of hydrogen-bond acceptors (Lipinski definition) is 4. The van der Waals surface area contributed by atoms with Crippen LogP contribution in [0.2, 0.25) is 0 Å². The van der Waals surface area contributed by atoms with Gasteiger partial charge in [0, 0.05) is 28.2 Å². The van der Waals surface area contributed by atoms with Gasteiger partial charge in [-0.3, -0.25) is 0 Å². The van der Waals surface area contributed by atoms with Crippen molar-refractivity contribution in [2.75, 3.05) is 47.8 Å². The fourth-order valence-corrected chi connectivity index (χ4v) is 3.75. The average Bonchev–Trinajstić information content (AvgIpc) is 2.97. The maximum Gasteiger partial charge on any atom is 0.112 e. The molecule has 0 saturated carbocycles. The van der Waals surface area contributed by atoms with Crippen LogP contribution < -0.4 is 19.6 Å². The van der Waals surface area contributed by atoms with E-state index in [9.17, 15) is 0 Å². The molecule has 4 heteroatoms. The smallest absolute Gasteiger partial charge is 0.112 e. The molecule has 0 fully saturated rings. The lowest BCUT2D eigenvalue weighted by Gasteiger charge is -2.34. The zero-order valence-electron chi connectivity index (χ0n) is 14.1. The Bertz CT molecular complexity index is 609. The van der Waals surface area contributed by atoms with E-state index < -0.39 is 0 Å². The molecule has 2 aromatic carbocycles. The van der Waals surface area contributed by atoms with Crippen molar-refractivity contribution >= 4 is 22.7 Å². The lowest BCUT2D eigenvalue weighted by molar-refractivity contribution is 0.620. The van der Waals surface area contributed by atoms with E-state index in [0.29, 0.717) is 0 Å². The molecule has 2 heterocycles. The van der Waals surface area contributed by atoms with Crippen molar-refractivity contribution in [3.63, 3.8) is 0 Å². The van der Waals surface area contributed by atoms with E-state index in [2.05, 4.69) is 103 Å². The summed E-state index contributed by atoms with van der Waals surface area (Å²) in [5.74, 6) is 0. The van der Waals surface area contributed by atoms with Crippen molar-refractivity contribution in [2.24, 2.45) is 0 Å². The minimum atomic E-state index is 0.122. The Morgan fingerprint density at radius 3 is 1.09 bits per heavy atom. The number of benzene rings is 2. The summed E-state index contributed by atoms with van der Waals surface area (Å²) in [6.45, 7) is 0.